The molecular formula is C13H15NO3S. The van der Waals surface area contributed by atoms with Gasteiger partial charge in [-0.3, -0.25) is 0 Å². The molecule has 0 spiro atoms. The minimum atomic E-state index is -0.0122. The Hall–Kier alpha value is -1.43. The predicted molar refractivity (Wildman–Crippen MR) is 69.5 cm³/mol. The van der Waals surface area contributed by atoms with Gasteiger partial charge in [0.15, 0.2) is 0 Å². The number of ether oxygens (including phenoxy) is 2. The van der Waals surface area contributed by atoms with Crippen LogP contribution in [0, 0.1) is 0 Å². The number of rotatable bonds is 6. The number of thiazole rings is 1. The fourth-order valence-corrected chi connectivity index (χ4v) is 2.38. The van der Waals surface area contributed by atoms with Crippen molar-refractivity contribution < 1.29 is 14.6 Å². The van der Waals surface area contributed by atoms with Crippen molar-refractivity contribution in [2.45, 2.75) is 19.8 Å². The first kappa shape index (κ1) is 13.0. The van der Waals surface area contributed by atoms with Crippen molar-refractivity contribution in [2.24, 2.45) is 0 Å². The zero-order valence-corrected chi connectivity index (χ0v) is 10.9. The molecule has 0 unspecified atom stereocenters. The van der Waals surface area contributed by atoms with Gasteiger partial charge in [0.05, 0.1) is 23.8 Å². The Kier molecular flexibility index (Phi) is 4.69. The van der Waals surface area contributed by atoms with E-state index in [2.05, 4.69) is 4.98 Å². The number of benzene rings is 1. The standard InChI is InChI=1S/C13H15NO3S/c1-16-8-11-12(7-15)18-13(14-11)9-17-10-5-3-2-4-6-10/h2-6,15H,7-9H2,1H3. The summed E-state index contributed by atoms with van der Waals surface area (Å²) in [4.78, 5) is 5.23. The molecule has 1 N–H and O–H groups in total. The number of aromatic nitrogens is 1. The molecule has 0 amide bonds. The van der Waals surface area contributed by atoms with Gasteiger partial charge in [0.1, 0.15) is 17.4 Å². The molecule has 0 atom stereocenters. The van der Waals surface area contributed by atoms with E-state index in [4.69, 9.17) is 9.47 Å². The molecule has 1 heterocycles. The maximum atomic E-state index is 9.22. The fourth-order valence-electron chi connectivity index (χ4n) is 1.53. The van der Waals surface area contributed by atoms with E-state index in [0.29, 0.717) is 13.2 Å². The molecular weight excluding hydrogens is 250 g/mol. The van der Waals surface area contributed by atoms with Crippen molar-refractivity contribution in [1.29, 1.82) is 0 Å². The highest BCUT2D eigenvalue weighted by molar-refractivity contribution is 7.11. The Balaban J connectivity index is 2.01. The van der Waals surface area contributed by atoms with E-state index in [0.717, 1.165) is 21.3 Å². The fraction of sp³-hybridized carbons (Fsp3) is 0.308. The second-order valence-electron chi connectivity index (χ2n) is 3.67. The number of hydrogen-bond acceptors (Lipinski definition) is 5. The lowest BCUT2D eigenvalue weighted by molar-refractivity contribution is 0.178. The monoisotopic (exact) mass is 265 g/mol. The van der Waals surface area contributed by atoms with Crippen molar-refractivity contribution in [3.8, 4) is 5.75 Å². The lowest BCUT2D eigenvalue weighted by Crippen LogP contribution is -1.96. The van der Waals surface area contributed by atoms with Crippen molar-refractivity contribution >= 4 is 11.3 Å². The number of aliphatic hydroxyl groups excluding tert-OH is 1. The Morgan fingerprint density at radius 1 is 1.22 bits per heavy atom. The first-order valence-electron chi connectivity index (χ1n) is 5.58. The van der Waals surface area contributed by atoms with Crippen LogP contribution in [-0.2, 0) is 24.6 Å². The third-order valence-electron chi connectivity index (χ3n) is 2.35. The molecule has 0 saturated carbocycles. The summed E-state index contributed by atoms with van der Waals surface area (Å²) in [6, 6.07) is 9.59. The van der Waals surface area contributed by atoms with Crippen LogP contribution in [0.2, 0.25) is 0 Å². The molecule has 5 heteroatoms. The molecule has 1 aromatic heterocycles. The normalized spacial score (nSPS) is 10.6. The van der Waals surface area contributed by atoms with Gasteiger partial charge in [-0.2, -0.15) is 0 Å². The Morgan fingerprint density at radius 2 is 2.00 bits per heavy atom. The van der Waals surface area contributed by atoms with Crippen molar-refractivity contribution in [3.63, 3.8) is 0 Å². The summed E-state index contributed by atoms with van der Waals surface area (Å²) in [6.45, 7) is 0.810. The van der Waals surface area contributed by atoms with E-state index in [1.807, 2.05) is 30.3 Å². The summed E-state index contributed by atoms with van der Waals surface area (Å²) in [5.74, 6) is 0.812. The van der Waals surface area contributed by atoms with Crippen LogP contribution < -0.4 is 4.74 Å². The smallest absolute Gasteiger partial charge is 0.140 e. The van der Waals surface area contributed by atoms with E-state index in [1.165, 1.54) is 11.3 Å². The van der Waals surface area contributed by atoms with Crippen LogP contribution >= 0.6 is 11.3 Å². The molecule has 0 radical (unpaired) electrons. The van der Waals surface area contributed by atoms with Gasteiger partial charge >= 0.3 is 0 Å². The summed E-state index contributed by atoms with van der Waals surface area (Å²) in [6.07, 6.45) is 0. The van der Waals surface area contributed by atoms with Crippen LogP contribution in [0.15, 0.2) is 30.3 Å². The minimum absolute atomic E-state index is 0.0122. The summed E-state index contributed by atoms with van der Waals surface area (Å²) in [5, 5.41) is 10.1. The van der Waals surface area contributed by atoms with E-state index in [-0.39, 0.29) is 6.61 Å². The van der Waals surface area contributed by atoms with Gasteiger partial charge in [-0.25, -0.2) is 4.98 Å². The molecule has 0 saturated heterocycles. The van der Waals surface area contributed by atoms with E-state index in [9.17, 15) is 5.11 Å². The maximum Gasteiger partial charge on any atom is 0.140 e. The van der Waals surface area contributed by atoms with E-state index < -0.39 is 0 Å². The van der Waals surface area contributed by atoms with Crippen molar-refractivity contribution in [1.82, 2.24) is 4.98 Å². The number of hydrogen-bond donors (Lipinski definition) is 1. The summed E-state index contributed by atoms with van der Waals surface area (Å²) >= 11 is 1.45. The molecule has 18 heavy (non-hydrogen) atoms. The van der Waals surface area contributed by atoms with Gasteiger partial charge in [-0.15, -0.1) is 11.3 Å². The van der Waals surface area contributed by atoms with Crippen LogP contribution in [0.3, 0.4) is 0 Å². The van der Waals surface area contributed by atoms with Gasteiger partial charge < -0.3 is 14.6 Å². The maximum absolute atomic E-state index is 9.22. The molecule has 0 aliphatic rings. The highest BCUT2D eigenvalue weighted by Crippen LogP contribution is 2.21. The third-order valence-corrected chi connectivity index (χ3v) is 3.41. The van der Waals surface area contributed by atoms with Gasteiger partial charge in [0.2, 0.25) is 0 Å². The summed E-state index contributed by atoms with van der Waals surface area (Å²) in [7, 11) is 1.61. The van der Waals surface area contributed by atoms with Crippen molar-refractivity contribution in [3.05, 3.63) is 45.9 Å². The Morgan fingerprint density at radius 3 is 2.67 bits per heavy atom. The highest BCUT2D eigenvalue weighted by Gasteiger charge is 2.10. The quantitative estimate of drug-likeness (QED) is 0.871. The summed E-state index contributed by atoms with van der Waals surface area (Å²) in [5.41, 5.74) is 0.789. The van der Waals surface area contributed by atoms with Crippen LogP contribution in [0.1, 0.15) is 15.6 Å². The van der Waals surface area contributed by atoms with Gasteiger partial charge in [-0.1, -0.05) is 18.2 Å². The number of methoxy groups -OCH3 is 1. The number of nitrogens with zero attached hydrogens (tertiary/aromatic N) is 1. The number of para-hydroxylation sites is 1. The minimum Gasteiger partial charge on any atom is -0.486 e. The molecule has 2 rings (SSSR count). The van der Waals surface area contributed by atoms with Crippen LogP contribution in [-0.4, -0.2) is 17.2 Å². The first-order chi connectivity index (χ1) is 8.83. The second-order valence-corrected chi connectivity index (χ2v) is 4.84. The molecule has 0 aliphatic heterocycles. The SMILES string of the molecule is COCc1nc(COc2ccccc2)sc1CO. The zero-order valence-electron chi connectivity index (χ0n) is 10.1. The first-order valence-corrected chi connectivity index (χ1v) is 6.40. The molecule has 2 aromatic rings. The highest BCUT2D eigenvalue weighted by atomic mass is 32.1. The topological polar surface area (TPSA) is 51.6 Å². The summed E-state index contributed by atoms with van der Waals surface area (Å²) < 4.78 is 10.6. The average Bonchev–Trinajstić information content (AvgIpc) is 2.80. The molecule has 1 aromatic carbocycles. The van der Waals surface area contributed by atoms with Crippen LogP contribution in [0.5, 0.6) is 5.75 Å². The number of aliphatic hydroxyl groups is 1. The Labute approximate surface area is 110 Å². The Bertz CT molecular complexity index is 484. The third kappa shape index (κ3) is 3.29. The molecule has 0 fully saturated rings. The molecule has 96 valence electrons. The second kappa shape index (κ2) is 6.49. The lowest BCUT2D eigenvalue weighted by Gasteiger charge is -2.02. The predicted octanol–water partition coefficient (Wildman–Crippen LogP) is 2.36. The van der Waals surface area contributed by atoms with E-state index in [1.54, 1.807) is 7.11 Å². The largest absolute Gasteiger partial charge is 0.486 e. The molecule has 0 bridgehead atoms. The molecule has 0 aliphatic carbocycles. The van der Waals surface area contributed by atoms with Gasteiger partial charge in [-0.05, 0) is 12.1 Å². The van der Waals surface area contributed by atoms with Gasteiger partial charge in [0.25, 0.3) is 0 Å². The van der Waals surface area contributed by atoms with Crippen molar-refractivity contribution in [2.75, 3.05) is 7.11 Å². The zero-order chi connectivity index (χ0) is 12.8. The molecule has 4 nitrogen and oxygen atoms in total. The van der Waals surface area contributed by atoms with Crippen LogP contribution in [0.4, 0.5) is 0 Å². The van der Waals surface area contributed by atoms with Crippen LogP contribution in [0.25, 0.3) is 0 Å². The van der Waals surface area contributed by atoms with Gasteiger partial charge in [0, 0.05) is 7.11 Å². The lowest BCUT2D eigenvalue weighted by atomic mass is 10.3. The average molecular weight is 265 g/mol. The van der Waals surface area contributed by atoms with E-state index >= 15 is 0 Å².